The first-order valence-electron chi connectivity index (χ1n) is 6.20. The van der Waals surface area contributed by atoms with Crippen molar-refractivity contribution in [3.63, 3.8) is 0 Å². The third-order valence-corrected chi connectivity index (χ3v) is 4.12. The Morgan fingerprint density at radius 1 is 1.16 bits per heavy atom. The molecule has 0 saturated heterocycles. The summed E-state index contributed by atoms with van der Waals surface area (Å²) >= 11 is 9.28. The first-order valence-corrected chi connectivity index (χ1v) is 7.37. The number of halogens is 2. The lowest BCUT2D eigenvalue weighted by molar-refractivity contribution is 0.103. The van der Waals surface area contributed by atoms with Crippen LogP contribution in [0.3, 0.4) is 0 Å². The maximum Gasteiger partial charge on any atom is 0.193 e. The Kier molecular flexibility index (Phi) is 4.78. The highest BCUT2D eigenvalue weighted by Crippen LogP contribution is 2.24. The second-order valence-corrected chi connectivity index (χ2v) is 5.67. The number of hydrogen-bond donors (Lipinski definition) is 0. The van der Waals surface area contributed by atoms with Crippen molar-refractivity contribution in [1.29, 1.82) is 0 Å². The highest BCUT2D eigenvalue weighted by atomic mass is 79.9. The van der Waals surface area contributed by atoms with Gasteiger partial charge in [0, 0.05) is 15.6 Å². The van der Waals surface area contributed by atoms with Crippen molar-refractivity contribution in [1.82, 2.24) is 0 Å². The van der Waals surface area contributed by atoms with Crippen LogP contribution in [0.2, 0.25) is 5.02 Å². The SMILES string of the molecule is CCCc1cccc(C(=O)c2ccc(Cl)c(Br)c2)c1. The van der Waals surface area contributed by atoms with Crippen molar-refractivity contribution >= 4 is 33.3 Å². The van der Waals surface area contributed by atoms with Gasteiger partial charge in [0.2, 0.25) is 0 Å². The molecule has 0 aliphatic heterocycles. The van der Waals surface area contributed by atoms with Crippen LogP contribution in [0.5, 0.6) is 0 Å². The van der Waals surface area contributed by atoms with Gasteiger partial charge in [-0.05, 0) is 52.2 Å². The Hall–Kier alpha value is -1.12. The molecule has 2 rings (SSSR count). The topological polar surface area (TPSA) is 17.1 Å². The van der Waals surface area contributed by atoms with Crippen LogP contribution in [-0.2, 0) is 6.42 Å². The van der Waals surface area contributed by atoms with Crippen LogP contribution < -0.4 is 0 Å². The molecular weight excluding hydrogens is 324 g/mol. The molecule has 0 aliphatic carbocycles. The molecule has 98 valence electrons. The van der Waals surface area contributed by atoms with E-state index in [1.807, 2.05) is 18.2 Å². The third kappa shape index (κ3) is 3.46. The predicted molar refractivity (Wildman–Crippen MR) is 83.0 cm³/mol. The molecule has 0 fully saturated rings. The summed E-state index contributed by atoms with van der Waals surface area (Å²) in [6, 6.07) is 13.0. The number of ketones is 1. The Morgan fingerprint density at radius 3 is 2.58 bits per heavy atom. The largest absolute Gasteiger partial charge is 0.289 e. The molecule has 3 heteroatoms. The maximum atomic E-state index is 12.4. The minimum atomic E-state index is 0.0234. The number of rotatable bonds is 4. The number of hydrogen-bond acceptors (Lipinski definition) is 1. The van der Waals surface area contributed by atoms with Crippen LogP contribution in [-0.4, -0.2) is 5.78 Å². The van der Waals surface area contributed by atoms with E-state index in [1.165, 1.54) is 5.56 Å². The summed E-state index contributed by atoms with van der Waals surface area (Å²) in [5.74, 6) is 0.0234. The number of carbonyl (C=O) groups excluding carboxylic acids is 1. The van der Waals surface area contributed by atoms with Crippen molar-refractivity contribution in [2.75, 3.05) is 0 Å². The Bertz CT molecular complexity index is 607. The zero-order chi connectivity index (χ0) is 13.8. The van der Waals surface area contributed by atoms with Gasteiger partial charge in [0.1, 0.15) is 0 Å². The van der Waals surface area contributed by atoms with Gasteiger partial charge < -0.3 is 0 Å². The van der Waals surface area contributed by atoms with Crippen molar-refractivity contribution in [2.45, 2.75) is 19.8 Å². The Morgan fingerprint density at radius 2 is 1.89 bits per heavy atom. The van der Waals surface area contributed by atoms with E-state index < -0.39 is 0 Å². The molecule has 1 nitrogen and oxygen atoms in total. The lowest BCUT2D eigenvalue weighted by atomic mass is 10.00. The van der Waals surface area contributed by atoms with E-state index in [1.54, 1.807) is 18.2 Å². The average Bonchev–Trinajstić information content (AvgIpc) is 2.42. The highest BCUT2D eigenvalue weighted by molar-refractivity contribution is 9.10. The molecule has 0 heterocycles. The maximum absolute atomic E-state index is 12.4. The summed E-state index contributed by atoms with van der Waals surface area (Å²) < 4.78 is 0.740. The summed E-state index contributed by atoms with van der Waals surface area (Å²) in [6.07, 6.45) is 2.07. The molecule has 19 heavy (non-hydrogen) atoms. The number of aryl methyl sites for hydroxylation is 1. The van der Waals surface area contributed by atoms with Gasteiger partial charge in [-0.2, -0.15) is 0 Å². The van der Waals surface area contributed by atoms with Crippen LogP contribution in [0.1, 0.15) is 34.8 Å². The Labute approximate surface area is 126 Å². The van der Waals surface area contributed by atoms with Gasteiger partial charge in [-0.3, -0.25) is 4.79 Å². The standard InChI is InChI=1S/C16H14BrClO/c1-2-4-11-5-3-6-12(9-11)16(19)13-7-8-15(18)14(17)10-13/h3,5-10H,2,4H2,1H3. The first kappa shape index (κ1) is 14.3. The van der Waals surface area contributed by atoms with Crippen LogP contribution in [0.25, 0.3) is 0 Å². The van der Waals surface area contributed by atoms with E-state index in [-0.39, 0.29) is 5.78 Å². The molecule has 0 unspecified atom stereocenters. The highest BCUT2D eigenvalue weighted by Gasteiger charge is 2.11. The minimum absolute atomic E-state index is 0.0234. The fourth-order valence-electron chi connectivity index (χ4n) is 1.96. The molecule has 0 N–H and O–H groups in total. The molecule has 0 aliphatic rings. The van der Waals surface area contributed by atoms with Crippen molar-refractivity contribution < 1.29 is 4.79 Å². The minimum Gasteiger partial charge on any atom is -0.289 e. The van der Waals surface area contributed by atoms with Gasteiger partial charge in [0.15, 0.2) is 5.78 Å². The lowest BCUT2D eigenvalue weighted by Crippen LogP contribution is -2.02. The zero-order valence-corrected chi connectivity index (χ0v) is 13.0. The van der Waals surface area contributed by atoms with E-state index in [4.69, 9.17) is 11.6 Å². The van der Waals surface area contributed by atoms with Gasteiger partial charge in [-0.1, -0.05) is 43.1 Å². The normalized spacial score (nSPS) is 10.5. The first-order chi connectivity index (χ1) is 9.11. The smallest absolute Gasteiger partial charge is 0.193 e. The second kappa shape index (κ2) is 6.36. The number of carbonyl (C=O) groups is 1. The number of benzene rings is 2. The molecule has 2 aromatic rings. The molecule has 0 aromatic heterocycles. The van der Waals surface area contributed by atoms with Crippen molar-refractivity contribution in [3.8, 4) is 0 Å². The van der Waals surface area contributed by atoms with E-state index in [0.717, 1.165) is 22.9 Å². The summed E-state index contributed by atoms with van der Waals surface area (Å²) in [6.45, 7) is 2.13. The molecule has 0 spiro atoms. The quantitative estimate of drug-likeness (QED) is 0.693. The van der Waals surface area contributed by atoms with Gasteiger partial charge >= 0.3 is 0 Å². The van der Waals surface area contributed by atoms with E-state index >= 15 is 0 Å². The van der Waals surface area contributed by atoms with Gasteiger partial charge in [0.25, 0.3) is 0 Å². The van der Waals surface area contributed by atoms with Crippen LogP contribution in [0, 0.1) is 0 Å². The second-order valence-electron chi connectivity index (χ2n) is 4.41. The molecule has 0 atom stereocenters. The molecule has 2 aromatic carbocycles. The van der Waals surface area contributed by atoms with E-state index in [2.05, 4.69) is 28.9 Å². The van der Waals surface area contributed by atoms with Crippen molar-refractivity contribution in [3.05, 3.63) is 68.7 Å². The van der Waals surface area contributed by atoms with Gasteiger partial charge in [0.05, 0.1) is 5.02 Å². The summed E-state index contributed by atoms with van der Waals surface area (Å²) in [5.41, 5.74) is 2.56. The van der Waals surface area contributed by atoms with Crippen LogP contribution in [0.4, 0.5) is 0 Å². The monoisotopic (exact) mass is 336 g/mol. The zero-order valence-electron chi connectivity index (χ0n) is 10.6. The van der Waals surface area contributed by atoms with E-state index in [0.29, 0.717) is 10.6 Å². The van der Waals surface area contributed by atoms with Crippen molar-refractivity contribution in [2.24, 2.45) is 0 Å². The Balaban J connectivity index is 2.32. The molecular formula is C16H14BrClO. The molecule has 0 bridgehead atoms. The van der Waals surface area contributed by atoms with Gasteiger partial charge in [-0.25, -0.2) is 0 Å². The van der Waals surface area contributed by atoms with E-state index in [9.17, 15) is 4.79 Å². The van der Waals surface area contributed by atoms with Gasteiger partial charge in [-0.15, -0.1) is 0 Å². The molecule has 0 saturated carbocycles. The summed E-state index contributed by atoms with van der Waals surface area (Å²) in [4.78, 5) is 12.4. The van der Waals surface area contributed by atoms with Crippen LogP contribution >= 0.6 is 27.5 Å². The average molecular weight is 338 g/mol. The third-order valence-electron chi connectivity index (χ3n) is 2.91. The molecule has 0 radical (unpaired) electrons. The summed E-state index contributed by atoms with van der Waals surface area (Å²) in [5, 5.41) is 0.608. The van der Waals surface area contributed by atoms with Crippen LogP contribution in [0.15, 0.2) is 46.9 Å². The fourth-order valence-corrected chi connectivity index (χ4v) is 2.46. The molecule has 0 amide bonds. The lowest BCUT2D eigenvalue weighted by Gasteiger charge is -2.05. The summed E-state index contributed by atoms with van der Waals surface area (Å²) in [7, 11) is 0. The predicted octanol–water partition coefficient (Wildman–Crippen LogP) is 5.29. The fraction of sp³-hybridized carbons (Fsp3) is 0.188.